The molecule has 0 aromatic heterocycles. The van der Waals surface area contributed by atoms with Gasteiger partial charge in [-0.15, -0.1) is 0 Å². The molecule has 1 saturated heterocycles. The molecule has 12 heavy (non-hydrogen) atoms. The maximum absolute atomic E-state index is 5.16. The van der Waals surface area contributed by atoms with Gasteiger partial charge in [-0.1, -0.05) is 31.9 Å². The van der Waals surface area contributed by atoms with Gasteiger partial charge in [0.15, 0.2) is 0 Å². The molecule has 1 nitrogen and oxygen atoms in total. The van der Waals surface area contributed by atoms with Crippen molar-refractivity contribution in [1.29, 1.82) is 0 Å². The van der Waals surface area contributed by atoms with E-state index in [1.54, 1.807) is 0 Å². The summed E-state index contributed by atoms with van der Waals surface area (Å²) in [4.78, 5) is 0. The van der Waals surface area contributed by atoms with Crippen LogP contribution < -0.4 is 0 Å². The Morgan fingerprint density at radius 3 is 2.33 bits per heavy atom. The van der Waals surface area contributed by atoms with Gasteiger partial charge in [-0.3, -0.25) is 0 Å². The topological polar surface area (TPSA) is 12.5 Å². The molecule has 0 radical (unpaired) electrons. The monoisotopic (exact) mass is 290 g/mol. The summed E-state index contributed by atoms with van der Waals surface area (Å²) in [5.41, 5.74) is 1.32. The lowest BCUT2D eigenvalue weighted by atomic mass is 10.1. The fourth-order valence-electron chi connectivity index (χ4n) is 1.18. The number of rotatable bonds is 2. The zero-order valence-corrected chi connectivity index (χ0v) is 9.56. The van der Waals surface area contributed by atoms with E-state index < -0.39 is 0 Å². The molecule has 1 fully saturated rings. The first-order chi connectivity index (χ1) is 5.74. The van der Waals surface area contributed by atoms with Gasteiger partial charge in [-0.2, -0.15) is 0 Å². The van der Waals surface area contributed by atoms with Crippen LogP contribution in [0.25, 0.3) is 0 Å². The van der Waals surface area contributed by atoms with Crippen LogP contribution in [0.1, 0.15) is 5.56 Å². The summed E-state index contributed by atoms with van der Waals surface area (Å²) in [6.07, 6.45) is 1.49. The van der Waals surface area contributed by atoms with Gasteiger partial charge in [0.2, 0.25) is 0 Å². The minimum absolute atomic E-state index is 0.464. The van der Waals surface area contributed by atoms with Crippen molar-refractivity contribution in [1.82, 2.24) is 0 Å². The van der Waals surface area contributed by atoms with Gasteiger partial charge >= 0.3 is 0 Å². The number of halogens is 2. The van der Waals surface area contributed by atoms with Gasteiger partial charge in [0.05, 0.1) is 12.7 Å². The maximum atomic E-state index is 5.16. The van der Waals surface area contributed by atoms with Gasteiger partial charge in [-0.25, -0.2) is 0 Å². The number of ether oxygens (including phenoxy) is 1. The molecule has 1 aliphatic heterocycles. The Kier molecular flexibility index (Phi) is 2.53. The molecule has 1 atom stereocenters. The van der Waals surface area contributed by atoms with Crippen LogP contribution in [0.4, 0.5) is 0 Å². The minimum atomic E-state index is 0.464. The third-order valence-electron chi connectivity index (χ3n) is 1.79. The predicted octanol–water partition coefficient (Wildman–Crippen LogP) is 3.15. The van der Waals surface area contributed by atoms with Gasteiger partial charge in [0.1, 0.15) is 0 Å². The first-order valence-electron chi connectivity index (χ1n) is 3.80. The molecule has 1 aromatic carbocycles. The molecule has 64 valence electrons. The van der Waals surface area contributed by atoms with Crippen molar-refractivity contribution in [2.45, 2.75) is 12.5 Å². The van der Waals surface area contributed by atoms with Crippen LogP contribution in [0.5, 0.6) is 0 Å². The van der Waals surface area contributed by atoms with Crippen molar-refractivity contribution in [3.05, 3.63) is 32.7 Å². The Morgan fingerprint density at radius 2 is 1.83 bits per heavy atom. The molecule has 3 heteroatoms. The molecule has 0 aliphatic carbocycles. The molecule has 1 aliphatic rings. The Labute approximate surface area is 88.4 Å². The highest BCUT2D eigenvalue weighted by Gasteiger charge is 2.22. The second kappa shape index (κ2) is 3.48. The van der Waals surface area contributed by atoms with Crippen molar-refractivity contribution in [2.24, 2.45) is 0 Å². The number of hydrogen-bond acceptors (Lipinski definition) is 1. The van der Waals surface area contributed by atoms with E-state index >= 15 is 0 Å². The Morgan fingerprint density at radius 1 is 1.25 bits per heavy atom. The minimum Gasteiger partial charge on any atom is -0.373 e. The normalized spacial score (nSPS) is 21.0. The van der Waals surface area contributed by atoms with Gasteiger partial charge in [-0.05, 0) is 23.8 Å². The van der Waals surface area contributed by atoms with Crippen LogP contribution in [0.15, 0.2) is 27.1 Å². The van der Waals surface area contributed by atoms with Crippen LogP contribution in [0.2, 0.25) is 0 Å². The third kappa shape index (κ3) is 2.31. The van der Waals surface area contributed by atoms with Crippen LogP contribution in [-0.2, 0) is 11.2 Å². The lowest BCUT2D eigenvalue weighted by Crippen LogP contribution is -1.92. The van der Waals surface area contributed by atoms with Crippen LogP contribution >= 0.6 is 31.9 Å². The zero-order chi connectivity index (χ0) is 8.55. The van der Waals surface area contributed by atoms with Gasteiger partial charge in [0, 0.05) is 15.4 Å². The summed E-state index contributed by atoms with van der Waals surface area (Å²) in [5, 5.41) is 0. The standard InChI is InChI=1S/C9H8Br2O/c10-7-1-6(2-8(11)4-7)3-9-5-12-9/h1-2,4,9H,3,5H2. The Bertz CT molecular complexity index is 274. The highest BCUT2D eigenvalue weighted by molar-refractivity contribution is 9.11. The predicted molar refractivity (Wildman–Crippen MR) is 55.3 cm³/mol. The fraction of sp³-hybridized carbons (Fsp3) is 0.333. The first kappa shape index (κ1) is 8.73. The molecule has 1 heterocycles. The lowest BCUT2D eigenvalue weighted by molar-refractivity contribution is 0.407. The molecule has 2 rings (SSSR count). The van der Waals surface area contributed by atoms with Crippen LogP contribution in [0.3, 0.4) is 0 Å². The molecule has 0 spiro atoms. The smallest absolute Gasteiger partial charge is 0.0850 e. The van der Waals surface area contributed by atoms with E-state index in [2.05, 4.69) is 44.0 Å². The summed E-state index contributed by atoms with van der Waals surface area (Å²) in [6.45, 7) is 0.921. The summed E-state index contributed by atoms with van der Waals surface area (Å²) in [5.74, 6) is 0. The zero-order valence-electron chi connectivity index (χ0n) is 6.39. The molecule has 0 saturated carbocycles. The fourth-order valence-corrected chi connectivity index (χ4v) is 2.57. The Hall–Kier alpha value is 0.140. The van der Waals surface area contributed by atoms with Gasteiger partial charge < -0.3 is 4.74 Å². The first-order valence-corrected chi connectivity index (χ1v) is 5.39. The molecule has 0 amide bonds. The van der Waals surface area contributed by atoms with Crippen molar-refractivity contribution < 1.29 is 4.74 Å². The van der Waals surface area contributed by atoms with Crippen molar-refractivity contribution in [2.75, 3.05) is 6.61 Å². The SMILES string of the molecule is Brc1cc(Br)cc(CC2CO2)c1. The molecule has 0 bridgehead atoms. The largest absolute Gasteiger partial charge is 0.373 e. The van der Waals surface area contributed by atoms with Gasteiger partial charge in [0.25, 0.3) is 0 Å². The molecular weight excluding hydrogens is 284 g/mol. The third-order valence-corrected chi connectivity index (χ3v) is 2.70. The average molecular weight is 292 g/mol. The van der Waals surface area contributed by atoms with E-state index in [4.69, 9.17) is 4.74 Å². The highest BCUT2D eigenvalue weighted by atomic mass is 79.9. The van der Waals surface area contributed by atoms with E-state index in [1.807, 2.05) is 6.07 Å². The maximum Gasteiger partial charge on any atom is 0.0850 e. The molecule has 1 aromatic rings. The summed E-state index contributed by atoms with van der Waals surface area (Å²) in [7, 11) is 0. The molecular formula is C9H8Br2O. The van der Waals surface area contributed by atoms with Crippen molar-refractivity contribution in [3.8, 4) is 0 Å². The van der Waals surface area contributed by atoms with Crippen molar-refractivity contribution in [3.63, 3.8) is 0 Å². The van der Waals surface area contributed by atoms with Crippen molar-refractivity contribution >= 4 is 31.9 Å². The second-order valence-electron chi connectivity index (χ2n) is 2.94. The van der Waals surface area contributed by atoms with E-state index in [1.165, 1.54) is 5.56 Å². The van der Waals surface area contributed by atoms with Crippen LogP contribution in [0, 0.1) is 0 Å². The summed E-state index contributed by atoms with van der Waals surface area (Å²) < 4.78 is 7.40. The van der Waals surface area contributed by atoms with E-state index in [9.17, 15) is 0 Å². The van der Waals surface area contributed by atoms with Crippen LogP contribution in [-0.4, -0.2) is 12.7 Å². The highest BCUT2D eigenvalue weighted by Crippen LogP contribution is 2.23. The van der Waals surface area contributed by atoms with E-state index in [-0.39, 0.29) is 0 Å². The number of benzene rings is 1. The summed E-state index contributed by atoms with van der Waals surface area (Å²) in [6, 6.07) is 6.30. The number of epoxide rings is 1. The molecule has 1 unspecified atom stereocenters. The average Bonchev–Trinajstić information content (AvgIpc) is 2.68. The van der Waals surface area contributed by atoms with E-state index in [0.717, 1.165) is 22.0 Å². The quantitative estimate of drug-likeness (QED) is 0.763. The Balaban J connectivity index is 2.18. The second-order valence-corrected chi connectivity index (χ2v) is 4.77. The van der Waals surface area contributed by atoms with E-state index in [0.29, 0.717) is 6.10 Å². The summed E-state index contributed by atoms with van der Waals surface area (Å²) >= 11 is 6.90. The lowest BCUT2D eigenvalue weighted by Gasteiger charge is -2.00. The number of hydrogen-bond donors (Lipinski definition) is 0. The molecule has 0 N–H and O–H groups in total.